The van der Waals surface area contributed by atoms with Gasteiger partial charge in [-0.2, -0.15) is 0 Å². The third-order valence-electron chi connectivity index (χ3n) is 0.598. The fourth-order valence-corrected chi connectivity index (χ4v) is 0.289. The Morgan fingerprint density at radius 3 is 2.50 bits per heavy atom. The van der Waals surface area contributed by atoms with Crippen molar-refractivity contribution in [3.63, 3.8) is 0 Å². The van der Waals surface area contributed by atoms with Gasteiger partial charge in [0, 0.05) is 0 Å². The van der Waals surface area contributed by atoms with Crippen molar-refractivity contribution in [3.8, 4) is 0 Å². The quantitative estimate of drug-likeness (QED) is 0.501. The van der Waals surface area contributed by atoms with E-state index in [0.717, 1.165) is 13.1 Å². The molecule has 1 heteroatoms. The molecule has 0 saturated heterocycles. The lowest BCUT2D eigenvalue weighted by molar-refractivity contribution is 0.773. The second-order valence-electron chi connectivity index (χ2n) is 1.22. The summed E-state index contributed by atoms with van der Waals surface area (Å²) >= 11 is 0. The predicted octanol–water partition coefficient (Wildman–Crippen LogP) is 0.820. The van der Waals surface area contributed by atoms with Gasteiger partial charge in [-0.1, -0.05) is 13.8 Å². The molecule has 0 saturated carbocycles. The van der Waals surface area contributed by atoms with Crippen molar-refractivity contribution >= 4 is 0 Å². The molecule has 6 heavy (non-hydrogen) atoms. The maximum absolute atomic E-state index is 3.14. The van der Waals surface area contributed by atoms with Crippen LogP contribution in [0.15, 0.2) is 0 Å². The summed E-state index contributed by atoms with van der Waals surface area (Å²) in [6, 6.07) is 0. The van der Waals surface area contributed by atoms with Crippen LogP contribution in [0.25, 0.3) is 0 Å². The Labute approximate surface area is 39.7 Å². The van der Waals surface area contributed by atoms with E-state index < -0.39 is 0 Å². The fourth-order valence-electron chi connectivity index (χ4n) is 0.289. The Hall–Kier alpha value is -0.0400. The number of rotatable bonds is 3. The molecule has 0 rings (SSSR count). The average Bonchev–Trinajstić information content (AvgIpc) is 1.61. The molecule has 0 heterocycles. The minimum absolute atomic E-state index is 1.04. The summed E-state index contributed by atoms with van der Waals surface area (Å²) in [5.74, 6) is 0. The van der Waals surface area contributed by atoms with Gasteiger partial charge in [-0.3, -0.25) is 0 Å². The standard InChI is InChI=1S/C5H12N/c1-3-5-6-4-2/h3,6H,4-5H2,1-2H3. The summed E-state index contributed by atoms with van der Waals surface area (Å²) in [6.07, 6.45) is 2.10. The molecule has 0 aromatic rings. The molecule has 0 fully saturated rings. The lowest BCUT2D eigenvalue weighted by atomic mass is 10.5. The Morgan fingerprint density at radius 2 is 2.33 bits per heavy atom. The molecule has 0 amide bonds. The first-order chi connectivity index (χ1) is 2.91. The molecule has 0 aliphatic carbocycles. The summed E-state index contributed by atoms with van der Waals surface area (Å²) in [7, 11) is 0. The normalized spacial score (nSPS) is 9.00. The van der Waals surface area contributed by atoms with Crippen LogP contribution >= 0.6 is 0 Å². The summed E-state index contributed by atoms with van der Waals surface area (Å²) in [5.41, 5.74) is 0. The maximum Gasteiger partial charge on any atom is -0.00202 e. The van der Waals surface area contributed by atoms with E-state index in [-0.39, 0.29) is 0 Å². The van der Waals surface area contributed by atoms with E-state index in [1.807, 2.05) is 6.92 Å². The largest absolute Gasteiger partial charge is 0.317 e. The fraction of sp³-hybridized carbons (Fsp3) is 0.800. The van der Waals surface area contributed by atoms with Crippen LogP contribution in [0.1, 0.15) is 13.8 Å². The van der Waals surface area contributed by atoms with Crippen LogP contribution in [0.3, 0.4) is 0 Å². The zero-order chi connectivity index (χ0) is 4.83. The average molecular weight is 86.2 g/mol. The lowest BCUT2D eigenvalue weighted by Gasteiger charge is -1.91. The molecule has 0 aromatic carbocycles. The second kappa shape index (κ2) is 4.96. The molecule has 0 aromatic heterocycles. The van der Waals surface area contributed by atoms with Gasteiger partial charge in [0.05, 0.1) is 0 Å². The van der Waals surface area contributed by atoms with Crippen molar-refractivity contribution in [1.82, 2.24) is 5.32 Å². The van der Waals surface area contributed by atoms with E-state index in [2.05, 4.69) is 18.7 Å². The third kappa shape index (κ3) is 3.96. The van der Waals surface area contributed by atoms with Gasteiger partial charge >= 0.3 is 0 Å². The van der Waals surface area contributed by atoms with Crippen LogP contribution in [0.5, 0.6) is 0 Å². The SMILES string of the molecule is C[CH]CNCC. The first kappa shape index (κ1) is 5.96. The van der Waals surface area contributed by atoms with Gasteiger partial charge in [0.25, 0.3) is 0 Å². The molecule has 0 bridgehead atoms. The van der Waals surface area contributed by atoms with Gasteiger partial charge in [0.1, 0.15) is 0 Å². The molecule has 1 N–H and O–H groups in total. The van der Waals surface area contributed by atoms with Crippen LogP contribution in [0.4, 0.5) is 0 Å². The Bertz CT molecular complexity index is 15.9. The van der Waals surface area contributed by atoms with E-state index >= 15 is 0 Å². The smallest absolute Gasteiger partial charge is 0.00202 e. The van der Waals surface area contributed by atoms with Crippen molar-refractivity contribution < 1.29 is 0 Å². The van der Waals surface area contributed by atoms with E-state index in [1.54, 1.807) is 0 Å². The number of nitrogens with one attached hydrogen (secondary N) is 1. The van der Waals surface area contributed by atoms with Gasteiger partial charge in [0.15, 0.2) is 0 Å². The van der Waals surface area contributed by atoms with E-state index in [1.165, 1.54) is 0 Å². The Kier molecular flexibility index (Phi) is 4.93. The maximum atomic E-state index is 3.14. The minimum atomic E-state index is 1.04. The van der Waals surface area contributed by atoms with E-state index in [0.29, 0.717) is 0 Å². The first-order valence-corrected chi connectivity index (χ1v) is 2.40. The number of hydrogen-bond donors (Lipinski definition) is 1. The third-order valence-corrected chi connectivity index (χ3v) is 0.598. The second-order valence-corrected chi connectivity index (χ2v) is 1.22. The molecule has 1 radical (unpaired) electrons. The molecular formula is C5H12N. The summed E-state index contributed by atoms with van der Waals surface area (Å²) in [5, 5.41) is 3.14. The van der Waals surface area contributed by atoms with E-state index in [4.69, 9.17) is 0 Å². The molecule has 1 nitrogen and oxygen atoms in total. The predicted molar refractivity (Wildman–Crippen MR) is 28.5 cm³/mol. The highest BCUT2D eigenvalue weighted by Crippen LogP contribution is 1.63. The Balaban J connectivity index is 2.34. The highest BCUT2D eigenvalue weighted by Gasteiger charge is 1.71. The van der Waals surface area contributed by atoms with Crippen molar-refractivity contribution in [3.05, 3.63) is 6.42 Å². The van der Waals surface area contributed by atoms with Crippen LogP contribution in [-0.2, 0) is 0 Å². The molecule has 0 unspecified atom stereocenters. The summed E-state index contributed by atoms with van der Waals surface area (Å²) in [4.78, 5) is 0. The molecule has 37 valence electrons. The van der Waals surface area contributed by atoms with Crippen molar-refractivity contribution in [2.24, 2.45) is 0 Å². The van der Waals surface area contributed by atoms with Crippen LogP contribution in [0, 0.1) is 6.42 Å². The Morgan fingerprint density at radius 1 is 1.67 bits per heavy atom. The zero-order valence-electron chi connectivity index (χ0n) is 4.49. The van der Waals surface area contributed by atoms with Crippen molar-refractivity contribution in [2.45, 2.75) is 13.8 Å². The van der Waals surface area contributed by atoms with Crippen molar-refractivity contribution in [1.29, 1.82) is 0 Å². The van der Waals surface area contributed by atoms with Gasteiger partial charge in [0.2, 0.25) is 0 Å². The molecular weight excluding hydrogens is 74.1 g/mol. The molecule has 0 aliphatic rings. The van der Waals surface area contributed by atoms with Crippen molar-refractivity contribution in [2.75, 3.05) is 13.1 Å². The molecule has 0 atom stereocenters. The van der Waals surface area contributed by atoms with Crippen LogP contribution in [-0.4, -0.2) is 13.1 Å². The topological polar surface area (TPSA) is 12.0 Å². The van der Waals surface area contributed by atoms with Gasteiger partial charge in [-0.15, -0.1) is 0 Å². The molecule has 0 aliphatic heterocycles. The minimum Gasteiger partial charge on any atom is -0.317 e. The lowest BCUT2D eigenvalue weighted by Crippen LogP contribution is -2.12. The van der Waals surface area contributed by atoms with Gasteiger partial charge < -0.3 is 5.32 Å². The van der Waals surface area contributed by atoms with Crippen LogP contribution < -0.4 is 5.32 Å². The number of hydrogen-bond acceptors (Lipinski definition) is 1. The van der Waals surface area contributed by atoms with Gasteiger partial charge in [-0.25, -0.2) is 0 Å². The summed E-state index contributed by atoms with van der Waals surface area (Å²) in [6.45, 7) is 6.26. The van der Waals surface area contributed by atoms with Crippen LogP contribution in [0.2, 0.25) is 0 Å². The highest BCUT2D eigenvalue weighted by molar-refractivity contribution is 4.57. The highest BCUT2D eigenvalue weighted by atomic mass is 14.8. The molecule has 0 spiro atoms. The monoisotopic (exact) mass is 86.1 g/mol. The first-order valence-electron chi connectivity index (χ1n) is 2.40. The van der Waals surface area contributed by atoms with E-state index in [9.17, 15) is 0 Å². The van der Waals surface area contributed by atoms with Gasteiger partial charge in [-0.05, 0) is 19.5 Å². The zero-order valence-corrected chi connectivity index (χ0v) is 4.49. The summed E-state index contributed by atoms with van der Waals surface area (Å²) < 4.78 is 0.